The van der Waals surface area contributed by atoms with Crippen molar-refractivity contribution in [2.45, 2.75) is 25.9 Å². The van der Waals surface area contributed by atoms with Gasteiger partial charge >= 0.3 is 0 Å². The normalized spacial score (nSPS) is 19.0. The van der Waals surface area contributed by atoms with Crippen molar-refractivity contribution in [2.75, 3.05) is 33.3 Å². The van der Waals surface area contributed by atoms with Crippen LogP contribution in [0, 0.1) is 11.8 Å². The van der Waals surface area contributed by atoms with E-state index in [-0.39, 0.29) is 23.7 Å². The number of nitrogens with one attached hydrogen (secondary N) is 3. The number of carbonyl (C=O) groups excluding carboxylic acids is 2. The second-order valence-electron chi connectivity index (χ2n) is 11.7. The van der Waals surface area contributed by atoms with Gasteiger partial charge in [-0.1, -0.05) is 59.6 Å². The first-order chi connectivity index (χ1) is 22.9. The molecule has 2 atom stereocenters. The number of amides is 2. The number of halogens is 2. The number of rotatable bonds is 10. The predicted molar refractivity (Wildman–Crippen MR) is 175 cm³/mol. The molecule has 0 radical (unpaired) electrons. The van der Waals surface area contributed by atoms with Crippen LogP contribution in [0.4, 0.5) is 0 Å². The van der Waals surface area contributed by atoms with Crippen molar-refractivity contribution in [3.63, 3.8) is 0 Å². The molecule has 0 saturated carbocycles. The SMILES string of the molecule is COc1nc(-c2cccc(-c3cccc(-c4cnc5c(n4)ON(CC4CCNC4=O)C5)c3Cl)c2Cl)cnc1CNCC1CCNC1=O. The van der Waals surface area contributed by atoms with E-state index in [1.165, 1.54) is 0 Å². The Kier molecular flexibility index (Phi) is 8.91. The summed E-state index contributed by atoms with van der Waals surface area (Å²) >= 11 is 14.1. The summed E-state index contributed by atoms with van der Waals surface area (Å²) in [6.45, 7) is 3.27. The number of ether oxygens (including phenoxy) is 1. The molecule has 2 unspecified atom stereocenters. The van der Waals surface area contributed by atoms with E-state index in [9.17, 15) is 9.59 Å². The number of aromatic nitrogens is 4. The van der Waals surface area contributed by atoms with Gasteiger partial charge in [-0.25, -0.2) is 9.97 Å². The molecule has 2 aromatic heterocycles. The Balaban J connectivity index is 1.11. The first-order valence-electron chi connectivity index (χ1n) is 15.4. The molecule has 242 valence electrons. The van der Waals surface area contributed by atoms with Gasteiger partial charge in [0, 0.05) is 55.0 Å². The summed E-state index contributed by atoms with van der Waals surface area (Å²) in [6, 6.07) is 11.3. The maximum atomic E-state index is 12.0. The molecule has 0 spiro atoms. The fraction of sp³-hybridized carbons (Fsp3) is 0.333. The lowest BCUT2D eigenvalue weighted by Gasteiger charge is -2.16. The van der Waals surface area contributed by atoms with Gasteiger partial charge in [0.05, 0.1) is 59.3 Å². The Morgan fingerprint density at radius 2 is 1.51 bits per heavy atom. The first-order valence-corrected chi connectivity index (χ1v) is 16.2. The summed E-state index contributed by atoms with van der Waals surface area (Å²) in [5.41, 5.74) is 5.19. The molecular weight excluding hydrogens is 643 g/mol. The molecule has 5 heterocycles. The maximum Gasteiger partial charge on any atom is 0.261 e. The number of methoxy groups -OCH3 is 1. The van der Waals surface area contributed by atoms with Gasteiger partial charge in [0.15, 0.2) is 0 Å². The number of hydroxylamine groups is 2. The van der Waals surface area contributed by atoms with Crippen molar-refractivity contribution in [3.05, 3.63) is 70.2 Å². The van der Waals surface area contributed by atoms with Crippen LogP contribution in [-0.4, -0.2) is 70.1 Å². The van der Waals surface area contributed by atoms with Crippen LogP contribution < -0.4 is 25.5 Å². The van der Waals surface area contributed by atoms with Gasteiger partial charge in [-0.2, -0.15) is 0 Å². The molecule has 3 aliphatic rings. The van der Waals surface area contributed by atoms with Crippen molar-refractivity contribution >= 4 is 35.0 Å². The van der Waals surface area contributed by atoms with Gasteiger partial charge in [-0.15, -0.1) is 5.06 Å². The van der Waals surface area contributed by atoms with Crippen LogP contribution in [0.2, 0.25) is 10.0 Å². The van der Waals surface area contributed by atoms with Crippen molar-refractivity contribution < 1.29 is 19.2 Å². The molecular formula is C33H32Cl2N8O4. The highest BCUT2D eigenvalue weighted by Gasteiger charge is 2.32. The van der Waals surface area contributed by atoms with E-state index < -0.39 is 0 Å². The molecule has 2 amide bonds. The van der Waals surface area contributed by atoms with Crippen LogP contribution in [0.15, 0.2) is 48.8 Å². The van der Waals surface area contributed by atoms with Gasteiger partial charge in [0.2, 0.25) is 17.7 Å². The molecule has 0 aliphatic carbocycles. The number of fused-ring (bicyclic) bond motifs is 1. The molecule has 2 aromatic carbocycles. The summed E-state index contributed by atoms with van der Waals surface area (Å²) in [6.07, 6.45) is 4.93. The second kappa shape index (κ2) is 13.4. The lowest BCUT2D eigenvalue weighted by molar-refractivity contribution is -0.126. The Hall–Kier alpha value is -4.36. The standard InChI is InChI=1S/C33H32Cl2N8O4/c1-46-32-26(13-36-12-18-8-10-37-30(18)44)39-14-24(41-32)22-6-2-4-20(28(22)34)21-5-3-7-23(29(21)35)25-15-40-27-17-43(47-33(27)42-25)16-19-9-11-38-31(19)45/h2-7,14-15,18-19,36H,8-13,16-17H2,1H3,(H,37,44)(H,38,45). The summed E-state index contributed by atoms with van der Waals surface area (Å²) in [5, 5.41) is 11.6. The molecule has 14 heteroatoms. The molecule has 12 nitrogen and oxygen atoms in total. The Morgan fingerprint density at radius 1 is 0.894 bits per heavy atom. The Morgan fingerprint density at radius 3 is 2.15 bits per heavy atom. The summed E-state index contributed by atoms with van der Waals surface area (Å²) in [5.74, 6) is 0.715. The van der Waals surface area contributed by atoms with Gasteiger partial charge in [0.25, 0.3) is 5.88 Å². The number of benzene rings is 2. The fourth-order valence-corrected chi connectivity index (χ4v) is 6.74. The zero-order chi connectivity index (χ0) is 32.5. The van der Waals surface area contributed by atoms with Crippen LogP contribution in [0.25, 0.3) is 33.6 Å². The zero-order valence-electron chi connectivity index (χ0n) is 25.6. The van der Waals surface area contributed by atoms with E-state index in [0.29, 0.717) is 106 Å². The Bertz CT molecular complexity index is 1860. The Labute approximate surface area is 281 Å². The molecule has 47 heavy (non-hydrogen) atoms. The van der Waals surface area contributed by atoms with Crippen molar-refractivity contribution in [1.29, 1.82) is 0 Å². The van der Waals surface area contributed by atoms with Crippen molar-refractivity contribution in [2.24, 2.45) is 11.8 Å². The lowest BCUT2D eigenvalue weighted by Crippen LogP contribution is -2.32. The van der Waals surface area contributed by atoms with E-state index >= 15 is 0 Å². The quantitative estimate of drug-likeness (QED) is 0.225. The van der Waals surface area contributed by atoms with Gasteiger partial charge in [-0.05, 0) is 12.8 Å². The van der Waals surface area contributed by atoms with Crippen molar-refractivity contribution in [3.8, 4) is 45.4 Å². The zero-order valence-corrected chi connectivity index (χ0v) is 27.1. The van der Waals surface area contributed by atoms with E-state index in [4.69, 9.17) is 42.7 Å². The minimum atomic E-state index is -0.116. The third kappa shape index (κ3) is 6.33. The average Bonchev–Trinajstić information content (AvgIpc) is 3.80. The highest BCUT2D eigenvalue weighted by atomic mass is 35.5. The molecule has 2 saturated heterocycles. The van der Waals surface area contributed by atoms with E-state index in [0.717, 1.165) is 12.8 Å². The molecule has 7 rings (SSSR count). The number of carbonyl (C=O) groups is 2. The molecule has 0 bridgehead atoms. The summed E-state index contributed by atoms with van der Waals surface area (Å²) in [7, 11) is 1.55. The monoisotopic (exact) mass is 674 g/mol. The van der Waals surface area contributed by atoms with E-state index in [1.807, 2.05) is 36.4 Å². The summed E-state index contributed by atoms with van der Waals surface area (Å²) in [4.78, 5) is 48.5. The molecule has 4 aromatic rings. The minimum Gasteiger partial charge on any atom is -0.480 e. The van der Waals surface area contributed by atoms with Gasteiger partial charge in [0.1, 0.15) is 11.4 Å². The minimum absolute atomic E-state index is 0.0422. The van der Waals surface area contributed by atoms with Crippen LogP contribution in [0.3, 0.4) is 0 Å². The highest BCUT2D eigenvalue weighted by Crippen LogP contribution is 2.42. The van der Waals surface area contributed by atoms with E-state index in [2.05, 4.69) is 25.9 Å². The predicted octanol–water partition coefficient (Wildman–Crippen LogP) is 4.05. The van der Waals surface area contributed by atoms with Gasteiger partial charge in [-0.3, -0.25) is 19.6 Å². The molecule has 3 N–H and O–H groups in total. The third-order valence-electron chi connectivity index (χ3n) is 8.63. The smallest absolute Gasteiger partial charge is 0.261 e. The molecule has 3 aliphatic heterocycles. The second-order valence-corrected chi connectivity index (χ2v) is 12.4. The van der Waals surface area contributed by atoms with Crippen LogP contribution >= 0.6 is 23.2 Å². The largest absolute Gasteiger partial charge is 0.480 e. The fourth-order valence-electron chi connectivity index (χ4n) is 6.09. The topological polar surface area (TPSA) is 143 Å². The number of nitrogens with zero attached hydrogens (tertiary/aromatic N) is 5. The van der Waals surface area contributed by atoms with Crippen molar-refractivity contribution in [1.82, 2.24) is 40.9 Å². The highest BCUT2D eigenvalue weighted by molar-refractivity contribution is 6.39. The molecule has 2 fully saturated rings. The first kappa shape index (κ1) is 31.3. The van der Waals surface area contributed by atoms with Gasteiger partial charge < -0.3 is 25.5 Å². The lowest BCUT2D eigenvalue weighted by atomic mass is 9.98. The number of hydrogen-bond acceptors (Lipinski definition) is 10. The van der Waals surface area contributed by atoms with Crippen LogP contribution in [0.5, 0.6) is 11.8 Å². The number of hydrogen-bond donors (Lipinski definition) is 3. The average molecular weight is 676 g/mol. The maximum absolute atomic E-state index is 12.0. The van der Waals surface area contributed by atoms with Crippen LogP contribution in [-0.2, 0) is 22.7 Å². The summed E-state index contributed by atoms with van der Waals surface area (Å²) < 4.78 is 5.56. The van der Waals surface area contributed by atoms with Crippen LogP contribution in [0.1, 0.15) is 24.2 Å². The van der Waals surface area contributed by atoms with E-state index in [1.54, 1.807) is 24.6 Å². The third-order valence-corrected chi connectivity index (χ3v) is 9.44.